The van der Waals surface area contributed by atoms with Crippen LogP contribution in [0.5, 0.6) is 0 Å². The Kier molecular flexibility index (Phi) is 7.24. The van der Waals surface area contributed by atoms with Crippen molar-refractivity contribution >= 4 is 43.2 Å². The van der Waals surface area contributed by atoms with Crippen molar-refractivity contribution < 1.29 is 13.2 Å². The van der Waals surface area contributed by atoms with Crippen LogP contribution in [0.1, 0.15) is 36.6 Å². The molecule has 1 amide bonds. The molecule has 2 N–H and O–H groups in total. The lowest BCUT2D eigenvalue weighted by molar-refractivity contribution is -0.116. The molecule has 10 heteroatoms. The second kappa shape index (κ2) is 9.71. The molecule has 0 aliphatic heterocycles. The number of unbranched alkanes of at least 4 members (excludes halogenated alkanes) is 1. The summed E-state index contributed by atoms with van der Waals surface area (Å²) < 4.78 is 28.7. The van der Waals surface area contributed by atoms with Crippen molar-refractivity contribution in [2.45, 2.75) is 51.5 Å². The number of sulfonamides is 1. The molecule has 0 aliphatic carbocycles. The average molecular weight is 463 g/mol. The summed E-state index contributed by atoms with van der Waals surface area (Å²) in [6, 6.07) is 6.10. The molecule has 2 aromatic heterocycles. The molecule has 2 heterocycles. The minimum atomic E-state index is -3.63. The number of carbonyl (C=O) groups excluding carboxylic acids is 1. The fourth-order valence-electron chi connectivity index (χ4n) is 3.08. The van der Waals surface area contributed by atoms with Crippen molar-refractivity contribution in [1.29, 1.82) is 0 Å². The molecule has 166 valence electrons. The number of anilines is 1. The highest BCUT2D eigenvalue weighted by molar-refractivity contribution is 7.89. The first-order valence-electron chi connectivity index (χ1n) is 10.1. The summed E-state index contributed by atoms with van der Waals surface area (Å²) in [5.74, 6) is -0.321. The Morgan fingerprint density at radius 2 is 2.03 bits per heavy atom. The van der Waals surface area contributed by atoms with E-state index in [1.54, 1.807) is 12.1 Å². The number of aromatic nitrogens is 2. The van der Waals surface area contributed by atoms with E-state index in [2.05, 4.69) is 15.0 Å². The molecule has 0 unspecified atom stereocenters. The van der Waals surface area contributed by atoms with Crippen LogP contribution in [-0.4, -0.2) is 30.4 Å². The van der Waals surface area contributed by atoms with Gasteiger partial charge in [-0.2, -0.15) is 0 Å². The zero-order chi connectivity index (χ0) is 22.6. The van der Waals surface area contributed by atoms with Crippen LogP contribution in [0, 0.1) is 13.8 Å². The zero-order valence-corrected chi connectivity index (χ0v) is 19.4. The molecule has 8 nitrogen and oxygen atoms in total. The zero-order valence-electron chi connectivity index (χ0n) is 17.8. The van der Waals surface area contributed by atoms with Gasteiger partial charge in [-0.3, -0.25) is 14.2 Å². The van der Waals surface area contributed by atoms with E-state index in [4.69, 9.17) is 0 Å². The Morgan fingerprint density at radius 1 is 1.26 bits per heavy atom. The topological polar surface area (TPSA) is 110 Å². The molecule has 0 radical (unpaired) electrons. The number of nitrogens with one attached hydrogen (secondary N) is 2. The van der Waals surface area contributed by atoms with E-state index >= 15 is 0 Å². The number of hydrogen-bond acceptors (Lipinski definition) is 6. The van der Waals surface area contributed by atoms with Gasteiger partial charge in [0, 0.05) is 30.1 Å². The van der Waals surface area contributed by atoms with Gasteiger partial charge in [0.1, 0.15) is 4.83 Å². The maximum Gasteiger partial charge on any atom is 0.262 e. The first-order chi connectivity index (χ1) is 14.7. The number of carbonyl (C=O) groups is 1. The van der Waals surface area contributed by atoms with Gasteiger partial charge in [-0.05, 0) is 44.0 Å². The highest BCUT2D eigenvalue weighted by Gasteiger charge is 2.15. The molecule has 0 saturated heterocycles. The van der Waals surface area contributed by atoms with Crippen LogP contribution < -0.4 is 15.6 Å². The Balaban J connectivity index is 1.67. The normalized spacial score (nSPS) is 11.7. The molecule has 0 atom stereocenters. The summed E-state index contributed by atoms with van der Waals surface area (Å²) in [5, 5.41) is 3.30. The number of aryl methyl sites for hydroxylation is 3. The smallest absolute Gasteiger partial charge is 0.262 e. The molecule has 3 rings (SSSR count). The largest absolute Gasteiger partial charge is 0.326 e. The second-order valence-corrected chi connectivity index (χ2v) is 10.3. The van der Waals surface area contributed by atoms with Crippen molar-refractivity contribution in [1.82, 2.24) is 14.3 Å². The first kappa shape index (κ1) is 23.1. The predicted octanol–water partition coefficient (Wildman–Crippen LogP) is 3.18. The third kappa shape index (κ3) is 5.38. The van der Waals surface area contributed by atoms with Gasteiger partial charge in [0.25, 0.3) is 5.56 Å². The van der Waals surface area contributed by atoms with Crippen molar-refractivity contribution in [2.75, 3.05) is 11.9 Å². The standard InChI is InChI=1S/C21H26N4O4S2/c1-4-5-10-23-31(28,29)17-8-6-7-16(12-17)24-18(26)9-11-25-13-22-20-19(21(25)27)14(2)15(3)30-20/h6-8,12-13,23H,4-5,9-11H2,1-3H3,(H,24,26). The Labute approximate surface area is 185 Å². The van der Waals surface area contributed by atoms with Gasteiger partial charge in [-0.25, -0.2) is 18.1 Å². The maximum absolute atomic E-state index is 12.7. The lowest BCUT2D eigenvalue weighted by atomic mass is 10.2. The highest BCUT2D eigenvalue weighted by Crippen LogP contribution is 2.25. The number of amides is 1. The number of benzene rings is 1. The molecular formula is C21H26N4O4S2. The van der Waals surface area contributed by atoms with Crippen LogP contribution in [0.4, 0.5) is 5.69 Å². The van der Waals surface area contributed by atoms with E-state index < -0.39 is 10.0 Å². The van der Waals surface area contributed by atoms with Gasteiger partial charge < -0.3 is 5.32 Å². The Bertz CT molecular complexity index is 1260. The van der Waals surface area contributed by atoms with Crippen LogP contribution >= 0.6 is 11.3 Å². The highest BCUT2D eigenvalue weighted by atomic mass is 32.2. The van der Waals surface area contributed by atoms with Crippen molar-refractivity contribution in [3.05, 3.63) is 51.4 Å². The molecule has 0 aliphatic rings. The van der Waals surface area contributed by atoms with Gasteiger partial charge in [0.05, 0.1) is 16.6 Å². The molecule has 0 bridgehead atoms. The summed E-state index contributed by atoms with van der Waals surface area (Å²) in [4.78, 5) is 31.3. The minimum absolute atomic E-state index is 0.0565. The SMILES string of the molecule is CCCCNS(=O)(=O)c1cccc(NC(=O)CCn2cnc3sc(C)c(C)c3c2=O)c1. The van der Waals surface area contributed by atoms with Crippen LogP contribution in [0.15, 0.2) is 40.3 Å². The van der Waals surface area contributed by atoms with Gasteiger partial charge in [0.15, 0.2) is 0 Å². The van der Waals surface area contributed by atoms with Crippen molar-refractivity contribution in [3.8, 4) is 0 Å². The molecule has 1 aromatic carbocycles. The van der Waals surface area contributed by atoms with Crippen LogP contribution in [-0.2, 0) is 21.4 Å². The van der Waals surface area contributed by atoms with Gasteiger partial charge in [-0.15, -0.1) is 11.3 Å². The van der Waals surface area contributed by atoms with Gasteiger partial charge in [-0.1, -0.05) is 19.4 Å². The first-order valence-corrected chi connectivity index (χ1v) is 12.4. The van der Waals surface area contributed by atoms with Gasteiger partial charge >= 0.3 is 0 Å². The second-order valence-electron chi connectivity index (χ2n) is 7.28. The van der Waals surface area contributed by atoms with Crippen molar-refractivity contribution in [3.63, 3.8) is 0 Å². The average Bonchev–Trinajstić information content (AvgIpc) is 3.02. The van der Waals surface area contributed by atoms with E-state index in [0.29, 0.717) is 22.4 Å². The van der Waals surface area contributed by atoms with E-state index in [0.717, 1.165) is 23.3 Å². The van der Waals surface area contributed by atoms with E-state index in [-0.39, 0.29) is 29.3 Å². The number of fused-ring (bicyclic) bond motifs is 1. The fraction of sp³-hybridized carbons (Fsp3) is 0.381. The lowest BCUT2D eigenvalue weighted by Gasteiger charge is -2.10. The van der Waals surface area contributed by atoms with Crippen LogP contribution in [0.3, 0.4) is 0 Å². The molecule has 0 spiro atoms. The lowest BCUT2D eigenvalue weighted by Crippen LogP contribution is -2.25. The number of thiophene rings is 1. The molecule has 0 saturated carbocycles. The van der Waals surface area contributed by atoms with E-state index in [1.165, 1.54) is 34.4 Å². The predicted molar refractivity (Wildman–Crippen MR) is 123 cm³/mol. The van der Waals surface area contributed by atoms with Crippen LogP contribution in [0.25, 0.3) is 10.2 Å². The molecule has 31 heavy (non-hydrogen) atoms. The van der Waals surface area contributed by atoms with E-state index in [9.17, 15) is 18.0 Å². The molecular weight excluding hydrogens is 436 g/mol. The van der Waals surface area contributed by atoms with Crippen LogP contribution in [0.2, 0.25) is 0 Å². The maximum atomic E-state index is 12.7. The minimum Gasteiger partial charge on any atom is -0.326 e. The Hall–Kier alpha value is -2.56. The fourth-order valence-corrected chi connectivity index (χ4v) is 5.19. The molecule has 0 fully saturated rings. The summed E-state index contributed by atoms with van der Waals surface area (Å²) >= 11 is 1.48. The number of rotatable bonds is 9. The summed E-state index contributed by atoms with van der Waals surface area (Å²) in [5.41, 5.74) is 1.14. The third-order valence-electron chi connectivity index (χ3n) is 4.99. The monoisotopic (exact) mass is 462 g/mol. The number of hydrogen-bond donors (Lipinski definition) is 2. The Morgan fingerprint density at radius 3 is 2.77 bits per heavy atom. The number of nitrogens with zero attached hydrogens (tertiary/aromatic N) is 2. The van der Waals surface area contributed by atoms with Crippen molar-refractivity contribution in [2.24, 2.45) is 0 Å². The summed E-state index contributed by atoms with van der Waals surface area (Å²) in [6.45, 7) is 6.37. The third-order valence-corrected chi connectivity index (χ3v) is 7.56. The summed E-state index contributed by atoms with van der Waals surface area (Å²) in [6.07, 6.45) is 3.15. The van der Waals surface area contributed by atoms with Gasteiger partial charge in [0.2, 0.25) is 15.9 Å². The summed E-state index contributed by atoms with van der Waals surface area (Å²) in [7, 11) is -3.63. The molecule has 3 aromatic rings. The quantitative estimate of drug-likeness (QED) is 0.475. The van der Waals surface area contributed by atoms with E-state index in [1.807, 2.05) is 20.8 Å².